The molecule has 0 radical (unpaired) electrons. The van der Waals surface area contributed by atoms with Crippen LogP contribution in [0.2, 0.25) is 0 Å². The first-order valence-electron chi connectivity index (χ1n) is 8.54. The second kappa shape index (κ2) is 8.14. The van der Waals surface area contributed by atoms with Crippen molar-refractivity contribution >= 4 is 33.8 Å². The summed E-state index contributed by atoms with van der Waals surface area (Å²) in [7, 11) is 0. The quantitative estimate of drug-likeness (QED) is 0.666. The second-order valence-corrected chi connectivity index (χ2v) is 7.02. The van der Waals surface area contributed by atoms with E-state index in [1.54, 1.807) is 17.0 Å². The Kier molecular flexibility index (Phi) is 5.66. The van der Waals surface area contributed by atoms with E-state index in [2.05, 4.69) is 5.32 Å². The number of para-hydroxylation sites is 1. The summed E-state index contributed by atoms with van der Waals surface area (Å²) < 4.78 is 13.3. The van der Waals surface area contributed by atoms with E-state index in [0.717, 1.165) is 11.3 Å². The summed E-state index contributed by atoms with van der Waals surface area (Å²) in [6, 6.07) is 16.7. The molecule has 27 heavy (non-hydrogen) atoms. The standard InChI is InChI=1S/C21H19FN2O2S/c1-3-24(17-10-5-4-6-11-17)21(26)19-14(2)12-18(27-19)23-20(25)15-8-7-9-16(22)13-15/h4-13H,3H2,1-2H3,(H,23,25). The van der Waals surface area contributed by atoms with Gasteiger partial charge in [0.15, 0.2) is 0 Å². The average molecular weight is 382 g/mol. The molecule has 138 valence electrons. The summed E-state index contributed by atoms with van der Waals surface area (Å²) in [6.07, 6.45) is 0. The topological polar surface area (TPSA) is 49.4 Å². The lowest BCUT2D eigenvalue weighted by Gasteiger charge is -2.20. The summed E-state index contributed by atoms with van der Waals surface area (Å²) in [6.45, 7) is 4.28. The van der Waals surface area contributed by atoms with Crippen LogP contribution in [0, 0.1) is 12.7 Å². The first kappa shape index (κ1) is 18.8. The van der Waals surface area contributed by atoms with Gasteiger partial charge in [0.05, 0.1) is 9.88 Å². The van der Waals surface area contributed by atoms with Crippen LogP contribution >= 0.6 is 11.3 Å². The second-order valence-electron chi connectivity index (χ2n) is 5.97. The Labute approximate surface area is 161 Å². The number of thiophene rings is 1. The molecule has 2 aromatic carbocycles. The molecule has 0 bridgehead atoms. The zero-order chi connectivity index (χ0) is 19.4. The van der Waals surface area contributed by atoms with Crippen LogP contribution in [-0.2, 0) is 0 Å². The summed E-state index contributed by atoms with van der Waals surface area (Å²) in [5, 5.41) is 3.29. The highest BCUT2D eigenvalue weighted by atomic mass is 32.1. The van der Waals surface area contributed by atoms with E-state index in [4.69, 9.17) is 0 Å². The molecule has 0 atom stereocenters. The van der Waals surface area contributed by atoms with Gasteiger partial charge in [0, 0.05) is 17.8 Å². The van der Waals surface area contributed by atoms with Gasteiger partial charge in [0.1, 0.15) is 5.82 Å². The van der Waals surface area contributed by atoms with Crippen LogP contribution in [0.15, 0.2) is 60.7 Å². The number of hydrogen-bond donors (Lipinski definition) is 1. The molecule has 0 saturated carbocycles. The number of hydrogen-bond acceptors (Lipinski definition) is 3. The maximum Gasteiger partial charge on any atom is 0.268 e. The molecule has 0 aliphatic rings. The van der Waals surface area contributed by atoms with Crippen molar-refractivity contribution in [1.29, 1.82) is 0 Å². The average Bonchev–Trinajstić information content (AvgIpc) is 3.03. The molecule has 0 aliphatic carbocycles. The molecule has 2 amide bonds. The molecule has 1 aromatic heterocycles. The number of aryl methyl sites for hydroxylation is 1. The number of carbonyl (C=O) groups excluding carboxylic acids is 2. The third-order valence-corrected chi connectivity index (χ3v) is 5.21. The maximum absolute atomic E-state index is 13.3. The number of anilines is 2. The monoisotopic (exact) mass is 382 g/mol. The lowest BCUT2D eigenvalue weighted by atomic mass is 10.2. The van der Waals surface area contributed by atoms with Crippen molar-refractivity contribution in [2.75, 3.05) is 16.8 Å². The highest BCUT2D eigenvalue weighted by Crippen LogP contribution is 2.29. The normalized spacial score (nSPS) is 10.5. The third-order valence-electron chi connectivity index (χ3n) is 4.06. The molecule has 4 nitrogen and oxygen atoms in total. The van der Waals surface area contributed by atoms with E-state index in [-0.39, 0.29) is 11.5 Å². The van der Waals surface area contributed by atoms with E-state index < -0.39 is 11.7 Å². The van der Waals surface area contributed by atoms with E-state index >= 15 is 0 Å². The molecule has 6 heteroatoms. The van der Waals surface area contributed by atoms with Crippen molar-refractivity contribution in [3.63, 3.8) is 0 Å². The minimum absolute atomic E-state index is 0.113. The predicted octanol–water partition coefficient (Wildman–Crippen LogP) is 5.11. The Balaban J connectivity index is 1.81. The molecule has 0 spiro atoms. The van der Waals surface area contributed by atoms with Crippen LogP contribution in [0.25, 0.3) is 0 Å². The number of rotatable bonds is 5. The molecule has 0 saturated heterocycles. The minimum Gasteiger partial charge on any atom is -0.314 e. The zero-order valence-corrected chi connectivity index (χ0v) is 15.8. The van der Waals surface area contributed by atoms with Gasteiger partial charge in [-0.05, 0) is 55.8 Å². The van der Waals surface area contributed by atoms with Crippen molar-refractivity contribution in [2.24, 2.45) is 0 Å². The Bertz CT molecular complexity index is 969. The Morgan fingerprint density at radius 2 is 1.81 bits per heavy atom. The fourth-order valence-corrected chi connectivity index (χ4v) is 3.76. The Morgan fingerprint density at radius 1 is 1.07 bits per heavy atom. The molecule has 0 aliphatic heterocycles. The van der Waals surface area contributed by atoms with Crippen molar-refractivity contribution < 1.29 is 14.0 Å². The zero-order valence-electron chi connectivity index (χ0n) is 15.0. The highest BCUT2D eigenvalue weighted by Gasteiger charge is 2.21. The van der Waals surface area contributed by atoms with E-state index in [0.29, 0.717) is 16.4 Å². The third kappa shape index (κ3) is 4.23. The molecule has 3 rings (SSSR count). The SMILES string of the molecule is CCN(C(=O)c1sc(NC(=O)c2cccc(F)c2)cc1C)c1ccccc1. The van der Waals surface area contributed by atoms with Crippen LogP contribution in [0.5, 0.6) is 0 Å². The van der Waals surface area contributed by atoms with Crippen molar-refractivity contribution in [2.45, 2.75) is 13.8 Å². The first-order chi connectivity index (χ1) is 13.0. The van der Waals surface area contributed by atoms with Gasteiger partial charge in [-0.15, -0.1) is 11.3 Å². The van der Waals surface area contributed by atoms with Crippen molar-refractivity contribution in [3.05, 3.63) is 82.5 Å². The number of nitrogens with one attached hydrogen (secondary N) is 1. The van der Waals surface area contributed by atoms with Crippen LogP contribution < -0.4 is 10.2 Å². The summed E-state index contributed by atoms with van der Waals surface area (Å²) >= 11 is 1.22. The van der Waals surface area contributed by atoms with E-state index in [1.807, 2.05) is 44.2 Å². The first-order valence-corrected chi connectivity index (χ1v) is 9.35. The Hall–Kier alpha value is -2.99. The fraction of sp³-hybridized carbons (Fsp3) is 0.143. The van der Waals surface area contributed by atoms with Crippen LogP contribution in [-0.4, -0.2) is 18.4 Å². The van der Waals surface area contributed by atoms with Gasteiger partial charge in [0.25, 0.3) is 11.8 Å². The largest absolute Gasteiger partial charge is 0.314 e. The summed E-state index contributed by atoms with van der Waals surface area (Å²) in [5.41, 5.74) is 1.84. The molecule has 1 heterocycles. The molecule has 1 N–H and O–H groups in total. The lowest BCUT2D eigenvalue weighted by molar-refractivity contribution is 0.0989. The lowest BCUT2D eigenvalue weighted by Crippen LogP contribution is -2.30. The van der Waals surface area contributed by atoms with Crippen LogP contribution in [0.1, 0.15) is 32.5 Å². The number of halogens is 1. The van der Waals surface area contributed by atoms with Gasteiger partial charge in [-0.1, -0.05) is 24.3 Å². The molecular formula is C21H19FN2O2S. The van der Waals surface area contributed by atoms with Gasteiger partial charge < -0.3 is 10.2 Å². The Morgan fingerprint density at radius 3 is 2.48 bits per heavy atom. The van der Waals surface area contributed by atoms with Crippen molar-refractivity contribution in [1.82, 2.24) is 0 Å². The van der Waals surface area contributed by atoms with E-state index in [1.165, 1.54) is 29.5 Å². The number of amides is 2. The molecular weight excluding hydrogens is 363 g/mol. The van der Waals surface area contributed by atoms with Gasteiger partial charge in [-0.3, -0.25) is 9.59 Å². The maximum atomic E-state index is 13.3. The number of benzene rings is 2. The fourth-order valence-electron chi connectivity index (χ4n) is 2.74. The smallest absolute Gasteiger partial charge is 0.268 e. The van der Waals surface area contributed by atoms with Crippen molar-refractivity contribution in [3.8, 4) is 0 Å². The minimum atomic E-state index is -0.470. The van der Waals surface area contributed by atoms with Crippen LogP contribution in [0.3, 0.4) is 0 Å². The number of carbonyl (C=O) groups is 2. The molecule has 0 unspecified atom stereocenters. The van der Waals surface area contributed by atoms with Gasteiger partial charge in [-0.25, -0.2) is 4.39 Å². The number of nitrogens with zero attached hydrogens (tertiary/aromatic N) is 1. The summed E-state index contributed by atoms with van der Waals surface area (Å²) in [4.78, 5) is 27.5. The van der Waals surface area contributed by atoms with Gasteiger partial charge in [-0.2, -0.15) is 0 Å². The summed E-state index contributed by atoms with van der Waals surface area (Å²) in [5.74, 6) is -0.995. The van der Waals surface area contributed by atoms with Crippen LogP contribution in [0.4, 0.5) is 15.1 Å². The van der Waals surface area contributed by atoms with Gasteiger partial charge >= 0.3 is 0 Å². The molecule has 0 fully saturated rings. The predicted molar refractivity (Wildman–Crippen MR) is 107 cm³/mol. The van der Waals surface area contributed by atoms with E-state index in [9.17, 15) is 14.0 Å². The van der Waals surface area contributed by atoms with Gasteiger partial charge in [0.2, 0.25) is 0 Å². The highest BCUT2D eigenvalue weighted by molar-refractivity contribution is 7.18. The molecule has 3 aromatic rings.